The number of H-pyrrole nitrogens is 1. The minimum absolute atomic E-state index is 0.00319. The fourth-order valence-corrected chi connectivity index (χ4v) is 5.23. The fraction of sp³-hybridized carbons (Fsp3) is 0.308. The SMILES string of the molecule is COC(=O)C1C=Cc2c1c(O)cc1c2[C@H](C)CN1C(=O)c1cc2cc(OC)c(OC)c(OC)c2[nH]1. The number of benzene rings is 2. The lowest BCUT2D eigenvalue weighted by Crippen LogP contribution is -2.29. The van der Waals surface area contributed by atoms with Gasteiger partial charge in [0.15, 0.2) is 11.5 Å². The van der Waals surface area contributed by atoms with Gasteiger partial charge in [-0.15, -0.1) is 0 Å². The van der Waals surface area contributed by atoms with Gasteiger partial charge in [0.2, 0.25) is 5.75 Å². The molecule has 182 valence electrons. The van der Waals surface area contributed by atoms with Gasteiger partial charge in [-0.25, -0.2) is 0 Å². The van der Waals surface area contributed by atoms with Crippen LogP contribution in [-0.4, -0.2) is 57.0 Å². The van der Waals surface area contributed by atoms with Crippen LogP contribution < -0.4 is 19.1 Å². The molecule has 9 nitrogen and oxygen atoms in total. The van der Waals surface area contributed by atoms with Gasteiger partial charge in [-0.05, 0) is 23.3 Å². The number of ether oxygens (including phenoxy) is 4. The van der Waals surface area contributed by atoms with Gasteiger partial charge in [0.25, 0.3) is 5.91 Å². The molecule has 1 amide bonds. The second kappa shape index (κ2) is 8.26. The van der Waals surface area contributed by atoms with Crippen molar-refractivity contribution in [1.82, 2.24) is 4.98 Å². The average Bonchev–Trinajstić information content (AvgIpc) is 3.57. The molecule has 0 fully saturated rings. The Kier molecular flexibility index (Phi) is 5.35. The highest BCUT2D eigenvalue weighted by atomic mass is 16.5. The number of aromatic nitrogens is 1. The number of anilines is 1. The highest BCUT2D eigenvalue weighted by Crippen LogP contribution is 2.49. The number of methoxy groups -OCH3 is 4. The van der Waals surface area contributed by atoms with Crippen LogP contribution >= 0.6 is 0 Å². The quantitative estimate of drug-likeness (QED) is 0.535. The first-order valence-corrected chi connectivity index (χ1v) is 11.1. The molecule has 2 aromatic carbocycles. The minimum atomic E-state index is -0.664. The van der Waals surface area contributed by atoms with Crippen molar-refractivity contribution in [3.05, 3.63) is 46.7 Å². The molecule has 0 bridgehead atoms. The summed E-state index contributed by atoms with van der Waals surface area (Å²) in [7, 11) is 5.90. The summed E-state index contributed by atoms with van der Waals surface area (Å²) < 4.78 is 21.3. The maximum absolute atomic E-state index is 13.7. The molecule has 0 spiro atoms. The van der Waals surface area contributed by atoms with E-state index in [1.807, 2.05) is 13.0 Å². The zero-order valence-corrected chi connectivity index (χ0v) is 20.1. The molecular formula is C26H26N2O7. The molecule has 2 N–H and O–H groups in total. The summed E-state index contributed by atoms with van der Waals surface area (Å²) in [5.74, 6) is -0.0427. The lowest BCUT2D eigenvalue weighted by molar-refractivity contribution is -0.141. The van der Waals surface area contributed by atoms with Crippen LogP contribution in [0.15, 0.2) is 24.3 Å². The molecular weight excluding hydrogens is 452 g/mol. The molecule has 0 saturated heterocycles. The van der Waals surface area contributed by atoms with Crippen LogP contribution in [0, 0.1) is 0 Å². The van der Waals surface area contributed by atoms with E-state index in [-0.39, 0.29) is 17.6 Å². The molecule has 2 heterocycles. The van der Waals surface area contributed by atoms with Crippen LogP contribution in [0.1, 0.15) is 45.9 Å². The van der Waals surface area contributed by atoms with Crippen molar-refractivity contribution in [3.8, 4) is 23.0 Å². The van der Waals surface area contributed by atoms with Crippen molar-refractivity contribution in [1.29, 1.82) is 0 Å². The molecule has 3 aromatic rings. The summed E-state index contributed by atoms with van der Waals surface area (Å²) in [5, 5.41) is 11.6. The maximum Gasteiger partial charge on any atom is 0.317 e. The molecule has 1 aromatic heterocycles. The molecule has 1 aliphatic carbocycles. The van der Waals surface area contributed by atoms with Gasteiger partial charge in [-0.2, -0.15) is 0 Å². The Morgan fingerprint density at radius 1 is 1.03 bits per heavy atom. The maximum atomic E-state index is 13.7. The van der Waals surface area contributed by atoms with E-state index in [0.29, 0.717) is 46.3 Å². The number of fused-ring (bicyclic) bond motifs is 4. The van der Waals surface area contributed by atoms with E-state index >= 15 is 0 Å². The predicted octanol–water partition coefficient (Wildman–Crippen LogP) is 3.95. The molecule has 35 heavy (non-hydrogen) atoms. The Morgan fingerprint density at radius 2 is 1.77 bits per heavy atom. The number of hydrogen-bond acceptors (Lipinski definition) is 7. The lowest BCUT2D eigenvalue weighted by Gasteiger charge is -2.19. The van der Waals surface area contributed by atoms with Crippen LogP contribution in [0.5, 0.6) is 23.0 Å². The fourth-order valence-electron chi connectivity index (χ4n) is 5.23. The third-order valence-corrected chi connectivity index (χ3v) is 6.76. The zero-order valence-electron chi connectivity index (χ0n) is 20.1. The smallest absolute Gasteiger partial charge is 0.317 e. The Morgan fingerprint density at radius 3 is 2.43 bits per heavy atom. The van der Waals surface area contributed by atoms with Crippen molar-refractivity contribution in [3.63, 3.8) is 0 Å². The van der Waals surface area contributed by atoms with Crippen LogP contribution in [-0.2, 0) is 9.53 Å². The molecule has 0 saturated carbocycles. The van der Waals surface area contributed by atoms with Crippen LogP contribution in [0.25, 0.3) is 17.0 Å². The van der Waals surface area contributed by atoms with Gasteiger partial charge in [-0.3, -0.25) is 9.59 Å². The number of esters is 1. The average molecular weight is 479 g/mol. The second-order valence-corrected chi connectivity index (χ2v) is 8.63. The van der Waals surface area contributed by atoms with E-state index in [1.54, 1.807) is 29.2 Å². The van der Waals surface area contributed by atoms with Crippen LogP contribution in [0.2, 0.25) is 0 Å². The number of nitrogens with zero attached hydrogens (tertiary/aromatic N) is 1. The highest BCUT2D eigenvalue weighted by Gasteiger charge is 2.39. The van der Waals surface area contributed by atoms with Crippen molar-refractivity contribution in [2.45, 2.75) is 18.8 Å². The number of amides is 1. The Hall–Kier alpha value is -4.14. The van der Waals surface area contributed by atoms with E-state index in [9.17, 15) is 14.7 Å². The number of phenolic OH excluding ortho intramolecular Hbond substituents is 1. The van der Waals surface area contributed by atoms with E-state index in [4.69, 9.17) is 18.9 Å². The summed E-state index contributed by atoms with van der Waals surface area (Å²) in [6, 6.07) is 5.08. The number of aromatic hydroxyl groups is 1. The third kappa shape index (κ3) is 3.22. The molecule has 1 aliphatic heterocycles. The number of carbonyl (C=O) groups excluding carboxylic acids is 2. The summed E-state index contributed by atoms with van der Waals surface area (Å²) in [5.41, 5.74) is 3.80. The van der Waals surface area contributed by atoms with Gasteiger partial charge in [0.1, 0.15) is 17.4 Å². The molecule has 2 aliphatic rings. The normalized spacial score (nSPS) is 17.9. The second-order valence-electron chi connectivity index (χ2n) is 8.63. The molecule has 5 rings (SSSR count). The predicted molar refractivity (Wildman–Crippen MR) is 130 cm³/mol. The van der Waals surface area contributed by atoms with Crippen LogP contribution in [0.3, 0.4) is 0 Å². The standard InChI is InChI=1S/C26H26N2O7/c1-12-11-28(17-10-18(29)21-14(20(12)17)6-7-15(21)26(31)35-5)25(30)16-8-13-9-19(32-2)23(33-3)24(34-4)22(13)27-16/h6-10,12,15,27,29H,11H2,1-5H3/t12-,15?/m1/s1. The van der Waals surface area contributed by atoms with Crippen molar-refractivity contribution < 1.29 is 33.6 Å². The molecule has 0 radical (unpaired) electrons. The Labute approximate surface area is 201 Å². The first-order chi connectivity index (χ1) is 16.8. The van der Waals surface area contributed by atoms with E-state index in [1.165, 1.54) is 28.4 Å². The van der Waals surface area contributed by atoms with Gasteiger partial charge in [0.05, 0.1) is 39.6 Å². The molecule has 1 unspecified atom stereocenters. The van der Waals surface area contributed by atoms with Crippen molar-refractivity contribution >= 4 is 34.5 Å². The third-order valence-electron chi connectivity index (χ3n) is 6.76. The van der Waals surface area contributed by atoms with Crippen molar-refractivity contribution in [2.24, 2.45) is 0 Å². The van der Waals surface area contributed by atoms with Crippen LogP contribution in [0.4, 0.5) is 5.69 Å². The van der Waals surface area contributed by atoms with E-state index in [0.717, 1.165) is 16.5 Å². The summed E-state index contributed by atoms with van der Waals surface area (Å²) in [6.45, 7) is 2.45. The summed E-state index contributed by atoms with van der Waals surface area (Å²) in [4.78, 5) is 30.7. The number of nitrogens with one attached hydrogen (secondary N) is 1. The van der Waals surface area contributed by atoms with Gasteiger partial charge >= 0.3 is 5.97 Å². The monoisotopic (exact) mass is 478 g/mol. The van der Waals surface area contributed by atoms with Crippen molar-refractivity contribution in [2.75, 3.05) is 39.9 Å². The van der Waals surface area contributed by atoms with Gasteiger partial charge in [0, 0.05) is 29.5 Å². The number of phenols is 1. The van der Waals surface area contributed by atoms with Gasteiger partial charge < -0.3 is 33.9 Å². The van der Waals surface area contributed by atoms with Gasteiger partial charge in [-0.1, -0.05) is 19.1 Å². The summed E-state index contributed by atoms with van der Waals surface area (Å²) in [6.07, 6.45) is 3.55. The molecule has 9 heteroatoms. The minimum Gasteiger partial charge on any atom is -0.508 e. The topological polar surface area (TPSA) is 110 Å². The Bertz CT molecular complexity index is 1400. The largest absolute Gasteiger partial charge is 0.508 e. The number of rotatable bonds is 5. The van der Waals surface area contributed by atoms with E-state index in [2.05, 4.69) is 4.98 Å². The first kappa shape index (κ1) is 22.6. The Balaban J connectivity index is 1.59. The number of hydrogen-bond donors (Lipinski definition) is 2. The highest BCUT2D eigenvalue weighted by molar-refractivity contribution is 6.10. The summed E-state index contributed by atoms with van der Waals surface area (Å²) >= 11 is 0. The molecule has 2 atom stereocenters. The number of aromatic amines is 1. The first-order valence-electron chi connectivity index (χ1n) is 11.1. The lowest BCUT2D eigenvalue weighted by atomic mass is 9.91. The zero-order chi connectivity index (χ0) is 25.0. The van der Waals surface area contributed by atoms with E-state index < -0.39 is 11.9 Å². The number of carbonyl (C=O) groups is 2.